The molecule has 0 bridgehead atoms. The van der Waals surface area contributed by atoms with Crippen LogP contribution in [0.3, 0.4) is 0 Å². The van der Waals surface area contributed by atoms with E-state index < -0.39 is 0 Å². The number of imidazole rings is 1. The second-order valence-corrected chi connectivity index (χ2v) is 5.85. The first kappa shape index (κ1) is 10.5. The first-order valence-corrected chi connectivity index (χ1v) is 6.78. The molecule has 4 nitrogen and oxygen atoms in total. The summed E-state index contributed by atoms with van der Waals surface area (Å²) in [5.74, 6) is 0. The van der Waals surface area contributed by atoms with E-state index in [-0.39, 0.29) is 5.41 Å². The summed E-state index contributed by atoms with van der Waals surface area (Å²) in [6.45, 7) is 2.11. The number of thiazole rings is 1. The van der Waals surface area contributed by atoms with Crippen molar-refractivity contribution in [3.05, 3.63) is 36.2 Å². The molecule has 0 aliphatic carbocycles. The Hall–Kier alpha value is -1.43. The van der Waals surface area contributed by atoms with Gasteiger partial charge in [-0.1, -0.05) is 17.4 Å². The van der Waals surface area contributed by atoms with E-state index >= 15 is 0 Å². The zero-order valence-corrected chi connectivity index (χ0v) is 10.6. The molecule has 92 valence electrons. The Kier molecular flexibility index (Phi) is 2.06. The van der Waals surface area contributed by atoms with Crippen molar-refractivity contribution in [3.63, 3.8) is 0 Å². The number of nitrogens with zero attached hydrogens (tertiary/aromatic N) is 2. The SMILES string of the molecule is NCC1(c2ccc3c(c2)sc2nccn23)COC1. The zero-order chi connectivity index (χ0) is 12.2. The summed E-state index contributed by atoms with van der Waals surface area (Å²) in [6, 6.07) is 6.57. The van der Waals surface area contributed by atoms with E-state index in [9.17, 15) is 0 Å². The van der Waals surface area contributed by atoms with Gasteiger partial charge < -0.3 is 10.5 Å². The number of benzene rings is 1. The molecule has 2 N–H and O–H groups in total. The maximum atomic E-state index is 5.91. The highest BCUT2D eigenvalue weighted by Gasteiger charge is 2.39. The van der Waals surface area contributed by atoms with E-state index in [0.29, 0.717) is 6.54 Å². The van der Waals surface area contributed by atoms with Crippen LogP contribution in [0, 0.1) is 0 Å². The Morgan fingerprint density at radius 2 is 2.33 bits per heavy atom. The highest BCUT2D eigenvalue weighted by atomic mass is 32.1. The molecule has 0 spiro atoms. The van der Waals surface area contributed by atoms with Crippen molar-refractivity contribution in [2.75, 3.05) is 19.8 Å². The van der Waals surface area contributed by atoms with Gasteiger partial charge in [-0.15, -0.1) is 0 Å². The van der Waals surface area contributed by atoms with Crippen LogP contribution in [0.15, 0.2) is 30.6 Å². The minimum Gasteiger partial charge on any atom is -0.379 e. The summed E-state index contributed by atoms with van der Waals surface area (Å²) in [5, 5.41) is 0. The molecule has 18 heavy (non-hydrogen) atoms. The summed E-state index contributed by atoms with van der Waals surface area (Å²) in [7, 11) is 0. The largest absolute Gasteiger partial charge is 0.379 e. The molecule has 1 saturated heterocycles. The minimum atomic E-state index is 0.0280. The minimum absolute atomic E-state index is 0.0280. The highest BCUT2D eigenvalue weighted by Crippen LogP contribution is 2.35. The van der Waals surface area contributed by atoms with E-state index in [1.807, 2.05) is 12.4 Å². The lowest BCUT2D eigenvalue weighted by Crippen LogP contribution is -2.52. The lowest BCUT2D eigenvalue weighted by Gasteiger charge is -2.41. The Bertz CT molecular complexity index is 721. The fraction of sp³-hybridized carbons (Fsp3) is 0.308. The van der Waals surface area contributed by atoms with Crippen LogP contribution in [0.1, 0.15) is 5.56 Å². The fourth-order valence-corrected chi connectivity index (χ4v) is 3.55. The van der Waals surface area contributed by atoms with Crippen LogP contribution >= 0.6 is 11.3 Å². The first-order valence-electron chi connectivity index (χ1n) is 5.96. The summed E-state index contributed by atoms with van der Waals surface area (Å²) >= 11 is 1.71. The molecule has 0 radical (unpaired) electrons. The topological polar surface area (TPSA) is 52.5 Å². The predicted molar refractivity (Wildman–Crippen MR) is 72.1 cm³/mol. The lowest BCUT2D eigenvalue weighted by atomic mass is 9.79. The van der Waals surface area contributed by atoms with Crippen LogP contribution in [0.5, 0.6) is 0 Å². The average Bonchev–Trinajstić information content (AvgIpc) is 2.87. The van der Waals surface area contributed by atoms with Crippen molar-refractivity contribution in [2.24, 2.45) is 5.73 Å². The summed E-state index contributed by atoms with van der Waals surface area (Å²) in [6.07, 6.45) is 3.83. The molecular formula is C13H13N3OS. The van der Waals surface area contributed by atoms with Gasteiger partial charge in [0.2, 0.25) is 0 Å². The molecule has 0 atom stereocenters. The molecular weight excluding hydrogens is 246 g/mol. The van der Waals surface area contributed by atoms with Crippen molar-refractivity contribution in [3.8, 4) is 0 Å². The van der Waals surface area contributed by atoms with Crippen LogP contribution in [-0.2, 0) is 10.2 Å². The molecule has 2 aromatic heterocycles. The molecule has 4 rings (SSSR count). The molecule has 3 heterocycles. The number of aromatic nitrogens is 2. The third kappa shape index (κ3) is 1.24. The maximum absolute atomic E-state index is 5.91. The number of ether oxygens (including phenoxy) is 1. The van der Waals surface area contributed by atoms with Gasteiger partial charge in [0.05, 0.1) is 28.8 Å². The van der Waals surface area contributed by atoms with Crippen molar-refractivity contribution >= 4 is 26.5 Å². The summed E-state index contributed by atoms with van der Waals surface area (Å²) in [5.41, 5.74) is 8.43. The average molecular weight is 259 g/mol. The smallest absolute Gasteiger partial charge is 0.194 e. The third-order valence-corrected chi connectivity index (χ3v) is 4.82. The van der Waals surface area contributed by atoms with Gasteiger partial charge in [0.1, 0.15) is 0 Å². The van der Waals surface area contributed by atoms with E-state index in [1.54, 1.807) is 11.3 Å². The zero-order valence-electron chi connectivity index (χ0n) is 9.80. The monoisotopic (exact) mass is 259 g/mol. The summed E-state index contributed by atoms with van der Waals surface area (Å²) in [4.78, 5) is 5.37. The van der Waals surface area contributed by atoms with Crippen molar-refractivity contribution < 1.29 is 4.74 Å². The standard InChI is InChI=1S/C13H13N3OS/c14-6-13(7-17-8-13)9-1-2-10-11(5-9)18-12-15-3-4-16(10)12/h1-5H,6-8,14H2. The Balaban J connectivity index is 1.93. The van der Waals surface area contributed by atoms with Crippen molar-refractivity contribution in [2.45, 2.75) is 5.41 Å². The molecule has 1 aliphatic heterocycles. The maximum Gasteiger partial charge on any atom is 0.194 e. The normalized spacial score (nSPS) is 18.3. The molecule has 0 saturated carbocycles. The van der Waals surface area contributed by atoms with Crippen molar-refractivity contribution in [1.82, 2.24) is 9.38 Å². The van der Waals surface area contributed by atoms with Gasteiger partial charge in [-0.2, -0.15) is 0 Å². The van der Waals surface area contributed by atoms with E-state index in [0.717, 1.165) is 18.2 Å². The van der Waals surface area contributed by atoms with Crippen molar-refractivity contribution in [1.29, 1.82) is 0 Å². The molecule has 0 amide bonds. The van der Waals surface area contributed by atoms with Gasteiger partial charge in [0.15, 0.2) is 4.96 Å². The molecule has 1 aromatic carbocycles. The molecule has 1 aliphatic rings. The van der Waals surface area contributed by atoms with E-state index in [2.05, 4.69) is 27.6 Å². The van der Waals surface area contributed by atoms with Gasteiger partial charge in [0, 0.05) is 18.9 Å². The number of fused-ring (bicyclic) bond motifs is 3. The number of hydrogen-bond acceptors (Lipinski definition) is 4. The summed E-state index contributed by atoms with van der Waals surface area (Å²) < 4.78 is 8.73. The second kappa shape index (κ2) is 3.54. The predicted octanol–water partition coefficient (Wildman–Crippen LogP) is 1.78. The van der Waals surface area contributed by atoms with Crippen LogP contribution in [0.2, 0.25) is 0 Å². The first-order chi connectivity index (χ1) is 8.82. The van der Waals surface area contributed by atoms with Crippen LogP contribution in [0.4, 0.5) is 0 Å². The third-order valence-electron chi connectivity index (χ3n) is 3.79. The van der Waals surface area contributed by atoms with Crippen LogP contribution in [0.25, 0.3) is 15.2 Å². The fourth-order valence-electron chi connectivity index (χ4n) is 2.52. The number of hydrogen-bond donors (Lipinski definition) is 1. The Morgan fingerprint density at radius 3 is 3.06 bits per heavy atom. The molecule has 0 unspecified atom stereocenters. The molecule has 3 aromatic rings. The molecule has 1 fully saturated rings. The number of nitrogens with two attached hydrogens (primary N) is 1. The second-order valence-electron chi connectivity index (χ2n) is 4.84. The van der Waals surface area contributed by atoms with Gasteiger partial charge >= 0.3 is 0 Å². The number of rotatable bonds is 2. The van der Waals surface area contributed by atoms with Crippen LogP contribution in [-0.4, -0.2) is 29.1 Å². The van der Waals surface area contributed by atoms with Gasteiger partial charge in [-0.05, 0) is 17.7 Å². The van der Waals surface area contributed by atoms with Gasteiger partial charge in [-0.25, -0.2) is 4.98 Å². The highest BCUT2D eigenvalue weighted by molar-refractivity contribution is 7.23. The molecule has 5 heteroatoms. The van der Waals surface area contributed by atoms with Gasteiger partial charge in [0.25, 0.3) is 0 Å². The van der Waals surface area contributed by atoms with Crippen LogP contribution < -0.4 is 5.73 Å². The van der Waals surface area contributed by atoms with Gasteiger partial charge in [-0.3, -0.25) is 4.40 Å². The Labute approximate surface area is 108 Å². The van der Waals surface area contributed by atoms with E-state index in [1.165, 1.54) is 15.8 Å². The lowest BCUT2D eigenvalue weighted by molar-refractivity contribution is -0.0549. The quantitative estimate of drug-likeness (QED) is 0.763. The van der Waals surface area contributed by atoms with E-state index in [4.69, 9.17) is 10.5 Å². The Morgan fingerprint density at radius 1 is 1.44 bits per heavy atom.